The van der Waals surface area contributed by atoms with Crippen molar-refractivity contribution in [2.75, 3.05) is 0 Å². The van der Waals surface area contributed by atoms with Crippen LogP contribution in [0.5, 0.6) is 0 Å². The molecule has 0 radical (unpaired) electrons. The Morgan fingerprint density at radius 2 is 2.13 bits per heavy atom. The largest absolute Gasteiger partial charge is 0.391 e. The van der Waals surface area contributed by atoms with Gasteiger partial charge < -0.3 is 10.8 Å². The third-order valence-corrected chi connectivity index (χ3v) is 2.39. The molecule has 0 aromatic heterocycles. The van der Waals surface area contributed by atoms with Crippen molar-refractivity contribution >= 4 is 24.0 Å². The number of nitrogens with two attached hydrogens (primary N) is 1. The lowest BCUT2D eigenvalue weighted by Gasteiger charge is -2.18. The molecule has 0 aliphatic heterocycles. The Kier molecular flexibility index (Phi) is 6.13. The molecular weight excluding hydrogens is 240 g/mol. The van der Waals surface area contributed by atoms with Gasteiger partial charge in [-0.3, -0.25) is 0 Å². The first-order chi connectivity index (χ1) is 6.56. The highest BCUT2D eigenvalue weighted by atomic mass is 35.5. The van der Waals surface area contributed by atoms with Gasteiger partial charge in [-0.1, -0.05) is 18.5 Å². The first kappa shape index (κ1) is 14.6. The van der Waals surface area contributed by atoms with E-state index in [0.29, 0.717) is 11.4 Å². The Hall–Kier alpha value is -0.350. The highest BCUT2D eigenvalue weighted by molar-refractivity contribution is 6.30. The van der Waals surface area contributed by atoms with E-state index in [1.165, 1.54) is 18.2 Å². The summed E-state index contributed by atoms with van der Waals surface area (Å²) in [5.74, 6) is -0.436. The van der Waals surface area contributed by atoms with Crippen LogP contribution in [-0.2, 0) is 0 Å². The van der Waals surface area contributed by atoms with E-state index < -0.39 is 18.0 Å². The van der Waals surface area contributed by atoms with Crippen LogP contribution in [0.25, 0.3) is 0 Å². The molecule has 1 aromatic carbocycles. The lowest BCUT2D eigenvalue weighted by Crippen LogP contribution is -2.26. The van der Waals surface area contributed by atoms with Crippen LogP contribution in [0.2, 0.25) is 5.02 Å². The minimum absolute atomic E-state index is 0. The number of halogens is 3. The molecule has 0 saturated heterocycles. The zero-order valence-electron chi connectivity index (χ0n) is 8.28. The normalized spacial score (nSPS) is 14.2. The van der Waals surface area contributed by atoms with Crippen molar-refractivity contribution in [3.8, 4) is 0 Å². The van der Waals surface area contributed by atoms with Crippen LogP contribution in [0.4, 0.5) is 4.39 Å². The Balaban J connectivity index is 0.00000196. The van der Waals surface area contributed by atoms with Gasteiger partial charge in [0.15, 0.2) is 0 Å². The lowest BCUT2D eigenvalue weighted by molar-refractivity contribution is 0.139. The summed E-state index contributed by atoms with van der Waals surface area (Å²) >= 11 is 5.70. The maximum absolute atomic E-state index is 13.3. The van der Waals surface area contributed by atoms with Gasteiger partial charge in [0.05, 0.1) is 12.1 Å². The van der Waals surface area contributed by atoms with Crippen LogP contribution >= 0.6 is 24.0 Å². The summed E-state index contributed by atoms with van der Waals surface area (Å²) in [6, 6.07) is 3.42. The van der Waals surface area contributed by atoms with Gasteiger partial charge in [-0.2, -0.15) is 0 Å². The smallest absolute Gasteiger partial charge is 0.128 e. The molecule has 2 atom stereocenters. The highest BCUT2D eigenvalue weighted by Crippen LogP contribution is 2.23. The second-order valence-corrected chi connectivity index (χ2v) is 3.60. The summed E-state index contributed by atoms with van der Waals surface area (Å²) in [7, 11) is 0. The molecule has 15 heavy (non-hydrogen) atoms. The molecule has 0 heterocycles. The SMILES string of the molecule is CC[C@H](O)[C@H](N)c1cc(Cl)ccc1F.Cl. The predicted octanol–water partition coefficient (Wildman–Crippen LogP) is 2.67. The second kappa shape index (κ2) is 6.28. The van der Waals surface area contributed by atoms with Crippen LogP contribution < -0.4 is 5.73 Å². The first-order valence-corrected chi connectivity index (χ1v) is 4.82. The molecule has 0 unspecified atom stereocenters. The molecule has 5 heteroatoms. The Morgan fingerprint density at radius 3 is 2.67 bits per heavy atom. The van der Waals surface area contributed by atoms with Crippen LogP contribution in [0.15, 0.2) is 18.2 Å². The number of benzene rings is 1. The van der Waals surface area contributed by atoms with E-state index >= 15 is 0 Å². The maximum Gasteiger partial charge on any atom is 0.128 e. The summed E-state index contributed by atoms with van der Waals surface area (Å²) in [6.45, 7) is 1.78. The summed E-state index contributed by atoms with van der Waals surface area (Å²) < 4.78 is 13.3. The van der Waals surface area contributed by atoms with E-state index in [1.807, 2.05) is 0 Å². The van der Waals surface area contributed by atoms with E-state index in [0.717, 1.165) is 0 Å². The van der Waals surface area contributed by atoms with Crippen molar-refractivity contribution in [1.82, 2.24) is 0 Å². The van der Waals surface area contributed by atoms with Crippen molar-refractivity contribution in [1.29, 1.82) is 0 Å². The fraction of sp³-hybridized carbons (Fsp3) is 0.400. The summed E-state index contributed by atoms with van der Waals surface area (Å²) in [5, 5.41) is 9.88. The summed E-state index contributed by atoms with van der Waals surface area (Å²) in [4.78, 5) is 0. The van der Waals surface area contributed by atoms with Crippen molar-refractivity contribution < 1.29 is 9.50 Å². The van der Waals surface area contributed by atoms with Gasteiger partial charge in [-0.25, -0.2) is 4.39 Å². The second-order valence-electron chi connectivity index (χ2n) is 3.17. The Labute approximate surface area is 99.6 Å². The third-order valence-electron chi connectivity index (χ3n) is 2.15. The van der Waals surface area contributed by atoms with Gasteiger partial charge >= 0.3 is 0 Å². The zero-order chi connectivity index (χ0) is 10.7. The molecule has 0 aliphatic carbocycles. The number of rotatable bonds is 3. The molecule has 1 rings (SSSR count). The number of hydrogen-bond donors (Lipinski definition) is 2. The molecule has 0 saturated carbocycles. The topological polar surface area (TPSA) is 46.2 Å². The molecule has 2 nitrogen and oxygen atoms in total. The first-order valence-electron chi connectivity index (χ1n) is 4.44. The average Bonchev–Trinajstić information content (AvgIpc) is 2.19. The fourth-order valence-corrected chi connectivity index (χ4v) is 1.41. The number of aliphatic hydroxyl groups is 1. The third kappa shape index (κ3) is 3.61. The van der Waals surface area contributed by atoms with Crippen LogP contribution in [0, 0.1) is 5.82 Å². The van der Waals surface area contributed by atoms with Crippen LogP contribution in [0.1, 0.15) is 24.9 Å². The quantitative estimate of drug-likeness (QED) is 0.871. The lowest BCUT2D eigenvalue weighted by atomic mass is 10.0. The molecule has 0 bridgehead atoms. The Bertz CT molecular complexity index is 322. The van der Waals surface area contributed by atoms with E-state index in [2.05, 4.69) is 0 Å². The Morgan fingerprint density at radius 1 is 1.53 bits per heavy atom. The van der Waals surface area contributed by atoms with Gasteiger partial charge in [0.1, 0.15) is 5.82 Å². The molecule has 1 aromatic rings. The zero-order valence-corrected chi connectivity index (χ0v) is 9.86. The molecule has 0 amide bonds. The number of hydrogen-bond acceptors (Lipinski definition) is 2. The van der Waals surface area contributed by atoms with Gasteiger partial charge in [0.2, 0.25) is 0 Å². The van der Waals surface area contributed by atoms with Gasteiger partial charge in [0.25, 0.3) is 0 Å². The average molecular weight is 254 g/mol. The molecule has 3 N–H and O–H groups in total. The molecular formula is C10H14Cl2FNO. The van der Waals surface area contributed by atoms with E-state index in [4.69, 9.17) is 17.3 Å². The van der Waals surface area contributed by atoms with Crippen LogP contribution in [-0.4, -0.2) is 11.2 Å². The van der Waals surface area contributed by atoms with Gasteiger partial charge in [-0.05, 0) is 24.6 Å². The minimum Gasteiger partial charge on any atom is -0.391 e. The molecule has 0 fully saturated rings. The maximum atomic E-state index is 13.3. The van der Waals surface area contributed by atoms with Crippen LogP contribution in [0.3, 0.4) is 0 Å². The van der Waals surface area contributed by atoms with E-state index in [-0.39, 0.29) is 18.0 Å². The van der Waals surface area contributed by atoms with E-state index in [9.17, 15) is 9.50 Å². The van der Waals surface area contributed by atoms with Crippen molar-refractivity contribution in [3.05, 3.63) is 34.6 Å². The van der Waals surface area contributed by atoms with E-state index in [1.54, 1.807) is 6.92 Å². The van der Waals surface area contributed by atoms with Crippen molar-refractivity contribution in [2.45, 2.75) is 25.5 Å². The molecule has 0 spiro atoms. The summed E-state index contributed by atoms with van der Waals surface area (Å²) in [5.41, 5.74) is 5.93. The predicted molar refractivity (Wildman–Crippen MR) is 61.9 cm³/mol. The minimum atomic E-state index is -0.747. The van der Waals surface area contributed by atoms with Gasteiger partial charge in [0, 0.05) is 10.6 Å². The molecule has 0 aliphatic rings. The van der Waals surface area contributed by atoms with Crippen molar-refractivity contribution in [3.63, 3.8) is 0 Å². The molecule has 86 valence electrons. The number of aliphatic hydroxyl groups excluding tert-OH is 1. The van der Waals surface area contributed by atoms with Gasteiger partial charge in [-0.15, -0.1) is 12.4 Å². The standard InChI is InChI=1S/C10H13ClFNO.ClH/c1-2-9(14)10(13)7-5-6(11)3-4-8(7)12;/h3-5,9-10,14H,2,13H2,1H3;1H/t9-,10+;/m0./s1. The monoisotopic (exact) mass is 253 g/mol. The van der Waals surface area contributed by atoms with Crippen molar-refractivity contribution in [2.24, 2.45) is 5.73 Å². The highest BCUT2D eigenvalue weighted by Gasteiger charge is 2.18. The fourth-order valence-electron chi connectivity index (χ4n) is 1.23. The summed E-state index contributed by atoms with van der Waals surface area (Å²) in [6.07, 6.45) is -0.268.